The van der Waals surface area contributed by atoms with Crippen LogP contribution in [0.15, 0.2) is 18.2 Å². The molecule has 0 bridgehead atoms. The number of carbonyl (C=O) groups excluding carboxylic acids is 1. The van der Waals surface area contributed by atoms with Crippen LogP contribution in [0.2, 0.25) is 0 Å². The van der Waals surface area contributed by atoms with Crippen LogP contribution in [0.25, 0.3) is 0 Å². The number of amides is 1. The molecule has 0 radical (unpaired) electrons. The molecule has 7 nitrogen and oxygen atoms in total. The molecule has 1 rings (SSSR count). The quantitative estimate of drug-likeness (QED) is 0.594. The largest absolute Gasteiger partial charge is 0.481 e. The number of benzene rings is 1. The lowest BCUT2D eigenvalue weighted by Crippen LogP contribution is -2.43. The van der Waals surface area contributed by atoms with Crippen LogP contribution in [0.5, 0.6) is 0 Å². The number of aryl methyl sites for hydroxylation is 1. The zero-order chi connectivity index (χ0) is 16.9. The summed E-state index contributed by atoms with van der Waals surface area (Å²) in [6, 6.07) is 4.35. The van der Waals surface area contributed by atoms with Gasteiger partial charge in [0.25, 0.3) is 11.6 Å². The molecule has 0 aromatic heterocycles. The number of carboxylic acids is 1. The summed E-state index contributed by atoms with van der Waals surface area (Å²) in [5, 5.41) is 22.4. The number of nitro benzene ring substituents is 1. The molecule has 7 heteroatoms. The first-order valence-electron chi connectivity index (χ1n) is 6.98. The Hall–Kier alpha value is -2.44. The number of nitrogens with one attached hydrogen (secondary N) is 1. The van der Waals surface area contributed by atoms with Crippen molar-refractivity contribution in [3.63, 3.8) is 0 Å². The smallest absolute Gasteiger partial charge is 0.303 e. The molecular weight excluding hydrogens is 288 g/mol. The summed E-state index contributed by atoms with van der Waals surface area (Å²) in [7, 11) is 0. The maximum atomic E-state index is 12.2. The van der Waals surface area contributed by atoms with Crippen molar-refractivity contribution in [1.29, 1.82) is 0 Å². The normalized spacial score (nSPS) is 11.0. The standard InChI is InChI=1S/C15H20N2O5/c1-4-10-5-6-11(9-12(10)17(21)22)14(20)16-15(2,3)8-7-13(18)19/h5-6,9H,4,7-8H2,1-3H3,(H,16,20)(H,18,19). The van der Waals surface area contributed by atoms with E-state index in [1.165, 1.54) is 12.1 Å². The van der Waals surface area contributed by atoms with Gasteiger partial charge >= 0.3 is 5.97 Å². The predicted octanol–water partition coefficient (Wildman–Crippen LogP) is 2.53. The number of nitrogens with zero attached hydrogens (tertiary/aromatic N) is 1. The minimum Gasteiger partial charge on any atom is -0.481 e. The van der Waals surface area contributed by atoms with E-state index in [0.29, 0.717) is 12.0 Å². The second-order valence-electron chi connectivity index (χ2n) is 5.69. The van der Waals surface area contributed by atoms with Gasteiger partial charge in [-0.05, 0) is 32.8 Å². The SMILES string of the molecule is CCc1ccc(C(=O)NC(C)(C)CCC(=O)O)cc1[N+](=O)[O-]. The van der Waals surface area contributed by atoms with Crippen LogP contribution in [0, 0.1) is 10.1 Å². The molecule has 0 atom stereocenters. The Morgan fingerprint density at radius 1 is 1.36 bits per heavy atom. The fraction of sp³-hybridized carbons (Fsp3) is 0.467. The number of aliphatic carboxylic acids is 1. The molecule has 0 spiro atoms. The highest BCUT2D eigenvalue weighted by Gasteiger charge is 2.23. The Labute approximate surface area is 128 Å². The van der Waals surface area contributed by atoms with E-state index in [-0.39, 0.29) is 24.1 Å². The van der Waals surface area contributed by atoms with Gasteiger partial charge in [0.05, 0.1) is 4.92 Å². The summed E-state index contributed by atoms with van der Waals surface area (Å²) < 4.78 is 0. The van der Waals surface area contributed by atoms with Crippen molar-refractivity contribution >= 4 is 17.6 Å². The molecule has 0 saturated heterocycles. The van der Waals surface area contributed by atoms with Crippen LogP contribution in [-0.2, 0) is 11.2 Å². The van der Waals surface area contributed by atoms with Crippen LogP contribution in [0.3, 0.4) is 0 Å². The molecule has 1 aromatic carbocycles. The average Bonchev–Trinajstić information content (AvgIpc) is 2.44. The minimum absolute atomic E-state index is 0.0673. The van der Waals surface area contributed by atoms with Crippen LogP contribution < -0.4 is 5.32 Å². The Morgan fingerprint density at radius 2 is 2.00 bits per heavy atom. The number of carboxylic acid groups (broad SMARTS) is 1. The number of nitro groups is 1. The van der Waals surface area contributed by atoms with Crippen molar-refractivity contribution in [2.75, 3.05) is 0 Å². The minimum atomic E-state index is -0.940. The first kappa shape index (κ1) is 17.6. The van der Waals surface area contributed by atoms with E-state index in [2.05, 4.69) is 5.32 Å². The second kappa shape index (κ2) is 7.02. The summed E-state index contributed by atoms with van der Waals surface area (Å²) >= 11 is 0. The van der Waals surface area contributed by atoms with Crippen molar-refractivity contribution in [3.05, 3.63) is 39.4 Å². The number of hydrogen-bond acceptors (Lipinski definition) is 4. The van der Waals surface area contributed by atoms with E-state index in [0.717, 1.165) is 0 Å². The lowest BCUT2D eigenvalue weighted by molar-refractivity contribution is -0.385. The molecule has 2 N–H and O–H groups in total. The molecule has 1 amide bonds. The molecule has 0 aliphatic rings. The Kier molecular flexibility index (Phi) is 5.62. The highest BCUT2D eigenvalue weighted by molar-refractivity contribution is 5.95. The third kappa shape index (κ3) is 4.83. The second-order valence-corrected chi connectivity index (χ2v) is 5.69. The fourth-order valence-corrected chi connectivity index (χ4v) is 2.04. The van der Waals surface area contributed by atoms with Gasteiger partial charge in [0.2, 0.25) is 0 Å². The Morgan fingerprint density at radius 3 is 2.50 bits per heavy atom. The molecular formula is C15H20N2O5. The van der Waals surface area contributed by atoms with Crippen molar-refractivity contribution in [2.45, 2.75) is 45.6 Å². The van der Waals surface area contributed by atoms with E-state index in [1.807, 2.05) is 0 Å². The summed E-state index contributed by atoms with van der Waals surface area (Å²) in [6.45, 7) is 5.22. The van der Waals surface area contributed by atoms with Crippen LogP contribution in [0.4, 0.5) is 5.69 Å². The van der Waals surface area contributed by atoms with Gasteiger partial charge in [-0.15, -0.1) is 0 Å². The molecule has 0 unspecified atom stereocenters. The molecule has 0 fully saturated rings. The van der Waals surface area contributed by atoms with Gasteiger partial charge < -0.3 is 10.4 Å². The lowest BCUT2D eigenvalue weighted by atomic mass is 9.97. The van der Waals surface area contributed by atoms with Crippen LogP contribution >= 0.6 is 0 Å². The summed E-state index contributed by atoms with van der Waals surface area (Å²) in [5.41, 5.74) is -0.0503. The van der Waals surface area contributed by atoms with Gasteiger partial charge in [-0.25, -0.2) is 0 Å². The van der Waals surface area contributed by atoms with Gasteiger partial charge in [0.15, 0.2) is 0 Å². The topological polar surface area (TPSA) is 110 Å². The number of rotatable bonds is 7. The summed E-state index contributed by atoms with van der Waals surface area (Å²) in [5.74, 6) is -1.40. The van der Waals surface area contributed by atoms with Crippen LogP contribution in [0.1, 0.15) is 49.5 Å². The molecule has 0 aliphatic heterocycles. The maximum Gasteiger partial charge on any atom is 0.303 e. The van der Waals surface area contributed by atoms with E-state index in [1.54, 1.807) is 26.8 Å². The average molecular weight is 308 g/mol. The third-order valence-electron chi connectivity index (χ3n) is 3.34. The molecule has 0 aliphatic carbocycles. The Bertz CT molecular complexity index is 596. The molecule has 1 aromatic rings. The van der Waals surface area contributed by atoms with Crippen molar-refractivity contribution in [1.82, 2.24) is 5.32 Å². The molecule has 0 heterocycles. The van der Waals surface area contributed by atoms with Gasteiger partial charge in [0, 0.05) is 29.2 Å². The Balaban J connectivity index is 2.92. The van der Waals surface area contributed by atoms with Crippen molar-refractivity contribution in [2.24, 2.45) is 0 Å². The zero-order valence-corrected chi connectivity index (χ0v) is 12.9. The molecule has 22 heavy (non-hydrogen) atoms. The fourth-order valence-electron chi connectivity index (χ4n) is 2.04. The first-order chi connectivity index (χ1) is 10.2. The third-order valence-corrected chi connectivity index (χ3v) is 3.34. The first-order valence-corrected chi connectivity index (χ1v) is 6.98. The van der Waals surface area contributed by atoms with Gasteiger partial charge in [-0.2, -0.15) is 0 Å². The van der Waals surface area contributed by atoms with E-state index >= 15 is 0 Å². The highest BCUT2D eigenvalue weighted by Crippen LogP contribution is 2.21. The number of carbonyl (C=O) groups is 2. The lowest BCUT2D eigenvalue weighted by Gasteiger charge is -2.25. The van der Waals surface area contributed by atoms with E-state index < -0.39 is 22.3 Å². The predicted molar refractivity (Wildman–Crippen MR) is 80.9 cm³/mol. The summed E-state index contributed by atoms with van der Waals surface area (Å²) in [6.07, 6.45) is 0.702. The highest BCUT2D eigenvalue weighted by atomic mass is 16.6. The van der Waals surface area contributed by atoms with Crippen molar-refractivity contribution < 1.29 is 19.6 Å². The molecule has 0 saturated carbocycles. The monoisotopic (exact) mass is 308 g/mol. The van der Waals surface area contributed by atoms with Gasteiger partial charge in [0.1, 0.15) is 0 Å². The van der Waals surface area contributed by atoms with Crippen molar-refractivity contribution in [3.8, 4) is 0 Å². The number of hydrogen-bond donors (Lipinski definition) is 2. The van der Waals surface area contributed by atoms with Crippen LogP contribution in [-0.4, -0.2) is 27.4 Å². The van der Waals surface area contributed by atoms with E-state index in [4.69, 9.17) is 5.11 Å². The summed E-state index contributed by atoms with van der Waals surface area (Å²) in [4.78, 5) is 33.3. The molecule has 120 valence electrons. The zero-order valence-electron chi connectivity index (χ0n) is 12.9. The maximum absolute atomic E-state index is 12.2. The van der Waals surface area contributed by atoms with Gasteiger partial charge in [-0.3, -0.25) is 19.7 Å². The van der Waals surface area contributed by atoms with Gasteiger partial charge in [-0.1, -0.05) is 13.0 Å². The van der Waals surface area contributed by atoms with E-state index in [9.17, 15) is 19.7 Å².